The lowest BCUT2D eigenvalue weighted by Crippen LogP contribution is -1.92. The normalized spacial score (nSPS) is 10.6. The average molecular weight is 317 g/mol. The summed E-state index contributed by atoms with van der Waals surface area (Å²) in [5, 5.41) is 0.486. The lowest BCUT2D eigenvalue weighted by Gasteiger charge is -2.08. The highest BCUT2D eigenvalue weighted by Gasteiger charge is 2.15. The topological polar surface area (TPSA) is 48.1 Å². The number of methoxy groups -OCH3 is 1. The molecule has 2 rings (SSSR count). The fourth-order valence-corrected chi connectivity index (χ4v) is 2.60. The van der Waals surface area contributed by atoms with Crippen molar-refractivity contribution in [2.45, 2.75) is 6.92 Å². The predicted octanol–water partition coefficient (Wildman–Crippen LogP) is 3.61. The van der Waals surface area contributed by atoms with E-state index in [0.29, 0.717) is 15.4 Å². The molecular formula is C11H10BrFN2OS. The van der Waals surface area contributed by atoms with Gasteiger partial charge in [-0.15, -0.1) is 11.3 Å². The first kappa shape index (κ1) is 12.3. The summed E-state index contributed by atoms with van der Waals surface area (Å²) in [6.07, 6.45) is 0. The third kappa shape index (κ3) is 2.28. The molecule has 0 aliphatic carbocycles. The molecule has 3 nitrogen and oxygen atoms in total. The van der Waals surface area contributed by atoms with Crippen molar-refractivity contribution in [3.8, 4) is 17.0 Å². The van der Waals surface area contributed by atoms with Crippen molar-refractivity contribution in [3.63, 3.8) is 0 Å². The van der Waals surface area contributed by atoms with Gasteiger partial charge in [-0.3, -0.25) is 0 Å². The second-order valence-electron chi connectivity index (χ2n) is 3.42. The number of nitrogens with zero attached hydrogens (tertiary/aromatic N) is 1. The Labute approximate surface area is 111 Å². The maximum atomic E-state index is 13.4. The van der Waals surface area contributed by atoms with Gasteiger partial charge in [-0.2, -0.15) is 0 Å². The van der Waals surface area contributed by atoms with Gasteiger partial charge >= 0.3 is 0 Å². The van der Waals surface area contributed by atoms with Crippen LogP contribution in [-0.2, 0) is 0 Å². The predicted molar refractivity (Wildman–Crippen MR) is 70.9 cm³/mol. The Morgan fingerprint density at radius 2 is 2.18 bits per heavy atom. The van der Waals surface area contributed by atoms with Crippen LogP contribution in [0, 0.1) is 12.7 Å². The zero-order chi connectivity index (χ0) is 12.6. The van der Waals surface area contributed by atoms with Gasteiger partial charge in [-0.1, -0.05) is 0 Å². The highest BCUT2D eigenvalue weighted by Crippen LogP contribution is 2.37. The van der Waals surface area contributed by atoms with Gasteiger partial charge in [-0.05, 0) is 28.9 Å². The van der Waals surface area contributed by atoms with Gasteiger partial charge in [0.25, 0.3) is 0 Å². The minimum absolute atomic E-state index is 0.369. The number of nitrogens with two attached hydrogens (primary N) is 1. The molecule has 17 heavy (non-hydrogen) atoms. The molecule has 0 radical (unpaired) electrons. The molecule has 1 heterocycles. The van der Waals surface area contributed by atoms with Gasteiger partial charge < -0.3 is 10.5 Å². The third-order valence-electron chi connectivity index (χ3n) is 2.31. The average Bonchev–Trinajstić information content (AvgIpc) is 2.61. The molecule has 6 heteroatoms. The summed E-state index contributed by atoms with van der Waals surface area (Å²) in [5.41, 5.74) is 7.11. The van der Waals surface area contributed by atoms with E-state index in [0.717, 1.165) is 16.1 Å². The standard InChI is InChI=1S/C11H10BrFN2OS/c1-5-10(15-11(14)17-5)6-3-7(12)8(13)4-9(6)16-2/h3-4H,1-2H3,(H2,14,15). The van der Waals surface area contributed by atoms with Crippen molar-refractivity contribution in [1.82, 2.24) is 4.98 Å². The van der Waals surface area contributed by atoms with E-state index in [1.807, 2.05) is 6.92 Å². The molecule has 2 aromatic rings. The monoisotopic (exact) mass is 316 g/mol. The first-order chi connectivity index (χ1) is 8.02. The second kappa shape index (κ2) is 4.62. The summed E-state index contributed by atoms with van der Waals surface area (Å²) in [5.74, 6) is 0.0746. The molecule has 0 aliphatic heterocycles. The fraction of sp³-hybridized carbons (Fsp3) is 0.182. The first-order valence-electron chi connectivity index (χ1n) is 4.79. The van der Waals surface area contributed by atoms with Crippen LogP contribution in [0.25, 0.3) is 11.3 Å². The summed E-state index contributed by atoms with van der Waals surface area (Å²) >= 11 is 4.55. The van der Waals surface area contributed by atoms with Crippen LogP contribution >= 0.6 is 27.3 Å². The largest absolute Gasteiger partial charge is 0.496 e. The highest BCUT2D eigenvalue weighted by atomic mass is 79.9. The SMILES string of the molecule is COc1cc(F)c(Br)cc1-c1nc(N)sc1C. The quantitative estimate of drug-likeness (QED) is 0.920. The van der Waals surface area contributed by atoms with Gasteiger partial charge in [0.05, 0.1) is 17.3 Å². The van der Waals surface area contributed by atoms with E-state index in [1.54, 1.807) is 6.07 Å². The molecule has 1 aromatic carbocycles. The van der Waals surface area contributed by atoms with Crippen LogP contribution in [0.1, 0.15) is 4.88 Å². The van der Waals surface area contributed by atoms with Crippen molar-refractivity contribution in [2.75, 3.05) is 12.8 Å². The van der Waals surface area contributed by atoms with Crippen LogP contribution in [-0.4, -0.2) is 12.1 Å². The van der Waals surface area contributed by atoms with Crippen molar-refractivity contribution >= 4 is 32.4 Å². The van der Waals surface area contributed by atoms with Crippen molar-refractivity contribution in [3.05, 3.63) is 27.3 Å². The molecule has 2 N–H and O–H groups in total. The Balaban J connectivity index is 2.66. The Morgan fingerprint density at radius 3 is 2.71 bits per heavy atom. The number of nitrogen functional groups attached to an aromatic ring is 1. The smallest absolute Gasteiger partial charge is 0.180 e. The number of thiazole rings is 1. The van der Waals surface area contributed by atoms with E-state index in [-0.39, 0.29) is 5.82 Å². The minimum Gasteiger partial charge on any atom is -0.496 e. The Bertz CT molecular complexity index is 571. The summed E-state index contributed by atoms with van der Waals surface area (Å²) in [4.78, 5) is 5.20. The van der Waals surface area contributed by atoms with E-state index < -0.39 is 0 Å². The molecule has 0 spiro atoms. The maximum Gasteiger partial charge on any atom is 0.180 e. The van der Waals surface area contributed by atoms with E-state index >= 15 is 0 Å². The summed E-state index contributed by atoms with van der Waals surface area (Å²) in [6.45, 7) is 1.92. The zero-order valence-corrected chi connectivity index (χ0v) is 11.7. The first-order valence-corrected chi connectivity index (χ1v) is 6.40. The van der Waals surface area contributed by atoms with Crippen LogP contribution < -0.4 is 10.5 Å². The number of rotatable bonds is 2. The number of aryl methyl sites for hydroxylation is 1. The number of benzene rings is 1. The summed E-state index contributed by atoms with van der Waals surface area (Å²) in [6, 6.07) is 2.98. The molecule has 0 aliphatic rings. The van der Waals surface area contributed by atoms with Gasteiger partial charge in [0, 0.05) is 16.5 Å². The fourth-order valence-electron chi connectivity index (χ4n) is 1.55. The van der Waals surface area contributed by atoms with E-state index in [9.17, 15) is 4.39 Å². The van der Waals surface area contributed by atoms with Crippen LogP contribution in [0.15, 0.2) is 16.6 Å². The van der Waals surface area contributed by atoms with Gasteiger partial charge in [0.2, 0.25) is 0 Å². The number of aromatic nitrogens is 1. The highest BCUT2D eigenvalue weighted by molar-refractivity contribution is 9.10. The molecule has 0 saturated heterocycles. The number of anilines is 1. The zero-order valence-electron chi connectivity index (χ0n) is 9.25. The third-order valence-corrected chi connectivity index (χ3v) is 3.72. The van der Waals surface area contributed by atoms with Gasteiger partial charge in [0.1, 0.15) is 11.6 Å². The van der Waals surface area contributed by atoms with Crippen molar-refractivity contribution < 1.29 is 9.13 Å². The molecule has 0 unspecified atom stereocenters. The number of ether oxygens (including phenoxy) is 1. The second-order valence-corrected chi connectivity index (χ2v) is 5.51. The Morgan fingerprint density at radius 1 is 1.47 bits per heavy atom. The Hall–Kier alpha value is -1.14. The number of halogens is 2. The Kier molecular flexibility index (Phi) is 3.35. The molecule has 90 valence electrons. The lowest BCUT2D eigenvalue weighted by molar-refractivity contribution is 0.412. The molecule has 0 atom stereocenters. The van der Waals surface area contributed by atoms with Gasteiger partial charge in [0.15, 0.2) is 5.13 Å². The van der Waals surface area contributed by atoms with E-state index in [4.69, 9.17) is 10.5 Å². The molecule has 0 bridgehead atoms. The lowest BCUT2D eigenvalue weighted by atomic mass is 10.1. The summed E-state index contributed by atoms with van der Waals surface area (Å²) < 4.78 is 18.9. The van der Waals surface area contributed by atoms with Crippen LogP contribution in [0.3, 0.4) is 0 Å². The van der Waals surface area contributed by atoms with E-state index in [1.165, 1.54) is 24.5 Å². The van der Waals surface area contributed by atoms with Crippen LogP contribution in [0.2, 0.25) is 0 Å². The molecular weight excluding hydrogens is 307 g/mol. The molecule has 0 amide bonds. The number of hydrogen-bond donors (Lipinski definition) is 1. The number of hydrogen-bond acceptors (Lipinski definition) is 4. The van der Waals surface area contributed by atoms with Crippen LogP contribution in [0.4, 0.5) is 9.52 Å². The minimum atomic E-state index is -0.369. The van der Waals surface area contributed by atoms with Crippen molar-refractivity contribution in [1.29, 1.82) is 0 Å². The molecule has 1 aromatic heterocycles. The summed E-state index contributed by atoms with van der Waals surface area (Å²) in [7, 11) is 1.50. The molecule has 0 saturated carbocycles. The van der Waals surface area contributed by atoms with Gasteiger partial charge in [-0.25, -0.2) is 9.37 Å². The molecule has 0 fully saturated rings. The maximum absolute atomic E-state index is 13.4. The van der Waals surface area contributed by atoms with Crippen LogP contribution in [0.5, 0.6) is 5.75 Å². The van der Waals surface area contributed by atoms with Crippen molar-refractivity contribution in [2.24, 2.45) is 0 Å². The van der Waals surface area contributed by atoms with E-state index in [2.05, 4.69) is 20.9 Å².